The van der Waals surface area contributed by atoms with Crippen LogP contribution in [0.5, 0.6) is 0 Å². The zero-order valence-corrected chi connectivity index (χ0v) is 11.4. The Labute approximate surface area is 119 Å². The molecule has 0 saturated carbocycles. The van der Waals surface area contributed by atoms with Gasteiger partial charge in [0.2, 0.25) is 5.95 Å². The van der Waals surface area contributed by atoms with Crippen LogP contribution in [0.4, 0.5) is 15.8 Å². The number of nitro benzene ring substituents is 1. The van der Waals surface area contributed by atoms with Gasteiger partial charge < -0.3 is 5.32 Å². The van der Waals surface area contributed by atoms with Gasteiger partial charge in [0.1, 0.15) is 11.4 Å². The number of rotatable bonds is 3. The van der Waals surface area contributed by atoms with E-state index in [4.69, 9.17) is 0 Å². The van der Waals surface area contributed by atoms with Crippen molar-refractivity contribution in [2.24, 2.45) is 0 Å². The Bertz CT molecular complexity index is 731. The Morgan fingerprint density at radius 3 is 2.57 bits per heavy atom. The number of nitro groups is 1. The molecule has 1 aromatic carbocycles. The number of pyridine rings is 1. The van der Waals surface area contributed by atoms with Gasteiger partial charge in [-0.3, -0.25) is 14.9 Å². The summed E-state index contributed by atoms with van der Waals surface area (Å²) in [5, 5.41) is 13.4. The fraction of sp³-hybridized carbons (Fsp3) is 0.143. The number of carbonyl (C=O) groups excluding carboxylic acids is 1. The van der Waals surface area contributed by atoms with E-state index in [1.165, 1.54) is 24.3 Å². The molecule has 108 valence electrons. The van der Waals surface area contributed by atoms with E-state index < -0.39 is 16.8 Å². The molecule has 0 unspecified atom stereocenters. The first-order valence-electron chi connectivity index (χ1n) is 6.08. The molecule has 0 bridgehead atoms. The predicted octanol–water partition coefficient (Wildman–Crippen LogP) is 3.00. The van der Waals surface area contributed by atoms with Crippen LogP contribution in [0.1, 0.15) is 21.6 Å². The molecule has 0 atom stereocenters. The van der Waals surface area contributed by atoms with E-state index in [2.05, 4.69) is 10.3 Å². The summed E-state index contributed by atoms with van der Waals surface area (Å²) in [6.07, 6.45) is 0. The van der Waals surface area contributed by atoms with Crippen LogP contribution in [-0.2, 0) is 0 Å². The predicted molar refractivity (Wildman–Crippen MR) is 74.7 cm³/mol. The number of nitrogens with one attached hydrogen (secondary N) is 1. The Morgan fingerprint density at radius 1 is 1.29 bits per heavy atom. The zero-order chi connectivity index (χ0) is 15.6. The quantitative estimate of drug-likeness (QED) is 0.534. The van der Waals surface area contributed by atoms with Gasteiger partial charge in [-0.15, -0.1) is 0 Å². The van der Waals surface area contributed by atoms with Crippen LogP contribution in [0, 0.1) is 29.9 Å². The van der Waals surface area contributed by atoms with E-state index in [-0.39, 0.29) is 17.1 Å². The number of benzene rings is 1. The largest absolute Gasteiger partial charge is 0.315 e. The number of halogens is 1. The van der Waals surface area contributed by atoms with Gasteiger partial charge in [0, 0.05) is 6.07 Å². The Kier molecular flexibility index (Phi) is 3.93. The van der Waals surface area contributed by atoms with E-state index >= 15 is 0 Å². The van der Waals surface area contributed by atoms with Crippen molar-refractivity contribution in [1.29, 1.82) is 0 Å². The molecular weight excluding hydrogens is 277 g/mol. The molecule has 2 rings (SSSR count). The maximum absolute atomic E-state index is 13.0. The van der Waals surface area contributed by atoms with Crippen molar-refractivity contribution in [3.05, 3.63) is 63.2 Å². The first kappa shape index (κ1) is 14.6. The first-order chi connectivity index (χ1) is 9.88. The van der Waals surface area contributed by atoms with Gasteiger partial charge >= 0.3 is 0 Å². The molecule has 0 fully saturated rings. The number of nitrogens with zero attached hydrogens (tertiary/aromatic N) is 2. The van der Waals surface area contributed by atoms with Crippen LogP contribution in [0.15, 0.2) is 30.3 Å². The van der Waals surface area contributed by atoms with Crippen LogP contribution < -0.4 is 5.32 Å². The van der Waals surface area contributed by atoms with Crippen molar-refractivity contribution in [2.75, 3.05) is 5.32 Å². The molecule has 1 heterocycles. The summed E-state index contributed by atoms with van der Waals surface area (Å²) in [5.41, 5.74) is 1.22. The molecule has 1 N–H and O–H groups in total. The summed E-state index contributed by atoms with van der Waals surface area (Å²) in [6, 6.07) is 6.65. The van der Waals surface area contributed by atoms with Gasteiger partial charge in [0.25, 0.3) is 11.6 Å². The molecular formula is C14H12FN3O3. The fourth-order valence-corrected chi connectivity index (χ4v) is 1.77. The smallest absolute Gasteiger partial charge is 0.293 e. The topological polar surface area (TPSA) is 85.1 Å². The highest BCUT2D eigenvalue weighted by atomic mass is 19.1. The lowest BCUT2D eigenvalue weighted by atomic mass is 10.1. The van der Waals surface area contributed by atoms with Crippen molar-refractivity contribution in [1.82, 2.24) is 4.98 Å². The highest BCUT2D eigenvalue weighted by molar-refractivity contribution is 6.04. The van der Waals surface area contributed by atoms with Gasteiger partial charge in [0.05, 0.1) is 4.92 Å². The lowest BCUT2D eigenvalue weighted by molar-refractivity contribution is -0.384. The molecule has 2 aromatic rings. The third kappa shape index (κ3) is 3.19. The number of aryl methyl sites for hydroxylation is 2. The molecule has 0 radical (unpaired) electrons. The molecule has 6 nitrogen and oxygen atoms in total. The minimum absolute atomic E-state index is 0.0548. The molecule has 0 aliphatic rings. The van der Waals surface area contributed by atoms with Crippen molar-refractivity contribution in [2.45, 2.75) is 13.8 Å². The number of aromatic nitrogens is 1. The summed E-state index contributed by atoms with van der Waals surface area (Å²) in [4.78, 5) is 25.9. The third-order valence-corrected chi connectivity index (χ3v) is 3.00. The molecule has 0 aliphatic heterocycles. The first-order valence-corrected chi connectivity index (χ1v) is 6.08. The maximum atomic E-state index is 13.0. The summed E-state index contributed by atoms with van der Waals surface area (Å²) in [5.74, 6) is -1.50. The average Bonchev–Trinajstić information content (AvgIpc) is 2.42. The number of amides is 1. The SMILES string of the molecule is Cc1cc(NC(=O)c2cccc(F)n2)c([N+](=O)[O-])cc1C. The van der Waals surface area contributed by atoms with Crippen molar-refractivity contribution in [3.63, 3.8) is 0 Å². The van der Waals surface area contributed by atoms with Gasteiger partial charge in [-0.05, 0) is 43.2 Å². The Morgan fingerprint density at radius 2 is 1.95 bits per heavy atom. The normalized spacial score (nSPS) is 10.2. The number of hydrogen-bond donors (Lipinski definition) is 1. The molecule has 1 aromatic heterocycles. The van der Waals surface area contributed by atoms with Crippen molar-refractivity contribution >= 4 is 17.3 Å². The zero-order valence-electron chi connectivity index (χ0n) is 11.4. The van der Waals surface area contributed by atoms with Crippen molar-refractivity contribution in [3.8, 4) is 0 Å². The van der Waals surface area contributed by atoms with E-state index in [1.54, 1.807) is 13.8 Å². The minimum atomic E-state index is -0.794. The van der Waals surface area contributed by atoms with Gasteiger partial charge in [-0.1, -0.05) is 6.07 Å². The second-order valence-corrected chi connectivity index (χ2v) is 4.51. The maximum Gasteiger partial charge on any atom is 0.293 e. The number of carbonyl (C=O) groups is 1. The number of hydrogen-bond acceptors (Lipinski definition) is 4. The Hall–Kier alpha value is -2.83. The summed E-state index contributed by atoms with van der Waals surface area (Å²) in [6.45, 7) is 3.51. The summed E-state index contributed by atoms with van der Waals surface area (Å²) in [7, 11) is 0. The van der Waals surface area contributed by atoms with Gasteiger partial charge in [-0.25, -0.2) is 4.98 Å². The second kappa shape index (κ2) is 5.66. The fourth-order valence-electron chi connectivity index (χ4n) is 1.77. The van der Waals surface area contributed by atoms with Crippen LogP contribution in [0.25, 0.3) is 0 Å². The third-order valence-electron chi connectivity index (χ3n) is 3.00. The monoisotopic (exact) mass is 289 g/mol. The standard InChI is InChI=1S/C14H12FN3O3/c1-8-6-11(12(18(20)21)7-9(8)2)17-14(19)10-4-3-5-13(15)16-10/h3-7H,1-2H3,(H,17,19). The minimum Gasteiger partial charge on any atom is -0.315 e. The highest BCUT2D eigenvalue weighted by Gasteiger charge is 2.18. The molecule has 21 heavy (non-hydrogen) atoms. The van der Waals surface area contributed by atoms with E-state index in [9.17, 15) is 19.3 Å². The molecule has 0 spiro atoms. The van der Waals surface area contributed by atoms with Crippen LogP contribution in [-0.4, -0.2) is 15.8 Å². The van der Waals surface area contributed by atoms with Crippen LogP contribution >= 0.6 is 0 Å². The molecule has 0 saturated heterocycles. The lowest BCUT2D eigenvalue weighted by Crippen LogP contribution is -2.15. The van der Waals surface area contributed by atoms with Crippen molar-refractivity contribution < 1.29 is 14.1 Å². The summed E-state index contributed by atoms with van der Waals surface area (Å²) >= 11 is 0. The second-order valence-electron chi connectivity index (χ2n) is 4.51. The van der Waals surface area contributed by atoms with Crippen LogP contribution in [0.3, 0.4) is 0 Å². The Balaban J connectivity index is 2.37. The van der Waals surface area contributed by atoms with Gasteiger partial charge in [0.15, 0.2) is 0 Å². The molecule has 1 amide bonds. The molecule has 7 heteroatoms. The lowest BCUT2D eigenvalue weighted by Gasteiger charge is -2.08. The van der Waals surface area contributed by atoms with E-state index in [1.807, 2.05) is 0 Å². The van der Waals surface area contributed by atoms with Gasteiger partial charge in [-0.2, -0.15) is 4.39 Å². The summed E-state index contributed by atoms with van der Waals surface area (Å²) < 4.78 is 13.0. The van der Waals surface area contributed by atoms with E-state index in [0.29, 0.717) is 0 Å². The number of anilines is 1. The van der Waals surface area contributed by atoms with E-state index in [0.717, 1.165) is 17.2 Å². The van der Waals surface area contributed by atoms with Crippen LogP contribution in [0.2, 0.25) is 0 Å². The average molecular weight is 289 g/mol. The molecule has 0 aliphatic carbocycles. The highest BCUT2D eigenvalue weighted by Crippen LogP contribution is 2.28.